The van der Waals surface area contributed by atoms with Crippen LogP contribution in [0, 0.1) is 11.3 Å². The number of anilines is 6. The molecule has 1 unspecified atom stereocenters. The number of nitrogens with one attached hydrogen (secondary N) is 2. The number of piperazine rings is 1. The van der Waals surface area contributed by atoms with Gasteiger partial charge in [0.2, 0.25) is 5.91 Å². The molecule has 392 valence electrons. The van der Waals surface area contributed by atoms with Crippen molar-refractivity contribution in [1.82, 2.24) is 28.9 Å². The highest BCUT2D eigenvalue weighted by molar-refractivity contribution is 6.22. The van der Waals surface area contributed by atoms with Crippen molar-refractivity contribution < 1.29 is 24.3 Å². The van der Waals surface area contributed by atoms with Crippen LogP contribution in [0.2, 0.25) is 0 Å². The Hall–Kier alpha value is -7.11. The molecule has 75 heavy (non-hydrogen) atoms. The first-order valence-electron chi connectivity index (χ1n) is 26.8. The SMILES string of the molecule is C=CC(=O)Nc1cc(Nc2nc(-c3ccnc(N4CCn5c(cc6c5CC(C)(C)C6)C4=O)c3CO)cn(C)c2=O)ccc1N1CCN(C2CCN(c3ccc4c(c3)C(=O)N(C3CCC(C)CC3)C4=O)[C@H](C)C2)C[C@@H]1C. The number of benzene rings is 2. The van der Waals surface area contributed by atoms with Crippen LogP contribution in [-0.2, 0) is 37.8 Å². The van der Waals surface area contributed by atoms with Crippen LogP contribution in [0.5, 0.6) is 0 Å². The van der Waals surface area contributed by atoms with E-state index in [4.69, 9.17) is 4.98 Å². The summed E-state index contributed by atoms with van der Waals surface area (Å²) in [4.78, 5) is 87.9. The van der Waals surface area contributed by atoms with Crippen molar-refractivity contribution in [2.24, 2.45) is 18.4 Å². The molecule has 2 aromatic carbocycles. The Morgan fingerprint density at radius 3 is 2.36 bits per heavy atom. The van der Waals surface area contributed by atoms with Crippen LogP contribution in [0.15, 0.2) is 78.4 Å². The predicted molar refractivity (Wildman–Crippen MR) is 291 cm³/mol. The molecule has 4 aliphatic heterocycles. The molecule has 7 heterocycles. The molecule has 0 spiro atoms. The predicted octanol–water partition coefficient (Wildman–Crippen LogP) is 7.53. The van der Waals surface area contributed by atoms with Crippen molar-refractivity contribution in [3.05, 3.63) is 118 Å². The molecule has 17 heteroatoms. The highest BCUT2D eigenvalue weighted by atomic mass is 16.3. The molecule has 3 aromatic heterocycles. The second kappa shape index (κ2) is 19.5. The first-order chi connectivity index (χ1) is 36.0. The number of imide groups is 1. The smallest absolute Gasteiger partial charge is 0.293 e. The fourth-order valence-corrected chi connectivity index (χ4v) is 13.1. The Morgan fingerprint density at radius 1 is 0.827 bits per heavy atom. The zero-order chi connectivity index (χ0) is 52.6. The maximum Gasteiger partial charge on any atom is 0.293 e. The topological polar surface area (TPSA) is 181 Å². The molecular formula is C58H69N11O6. The van der Waals surface area contributed by atoms with Crippen molar-refractivity contribution in [2.45, 2.75) is 123 Å². The number of carbonyl (C=O) groups is 4. The largest absolute Gasteiger partial charge is 0.392 e. The summed E-state index contributed by atoms with van der Waals surface area (Å²) in [6.45, 7) is 18.7. The van der Waals surface area contributed by atoms with Crippen LogP contribution in [0.1, 0.15) is 121 Å². The number of rotatable bonds is 11. The normalized spacial score (nSPS) is 23.6. The van der Waals surface area contributed by atoms with Gasteiger partial charge in [-0.2, -0.15) is 0 Å². The van der Waals surface area contributed by atoms with Gasteiger partial charge < -0.3 is 34.7 Å². The van der Waals surface area contributed by atoms with Gasteiger partial charge in [-0.1, -0.05) is 27.4 Å². The molecule has 0 radical (unpaired) electrons. The molecule has 0 bridgehead atoms. The lowest BCUT2D eigenvalue weighted by Gasteiger charge is -2.48. The number of hydrogen-bond acceptors (Lipinski definition) is 12. The Kier molecular flexibility index (Phi) is 13.0. The highest BCUT2D eigenvalue weighted by Crippen LogP contribution is 2.42. The quantitative estimate of drug-likeness (QED) is 0.0876. The lowest BCUT2D eigenvalue weighted by molar-refractivity contribution is -0.111. The van der Waals surface area contributed by atoms with Crippen molar-refractivity contribution in [2.75, 3.05) is 58.1 Å². The van der Waals surface area contributed by atoms with Crippen molar-refractivity contribution >= 4 is 58.0 Å². The monoisotopic (exact) mass is 1020 g/mol. The Labute approximate surface area is 438 Å². The van der Waals surface area contributed by atoms with Gasteiger partial charge in [-0.05, 0) is 137 Å². The van der Waals surface area contributed by atoms with Gasteiger partial charge in [-0.3, -0.25) is 38.7 Å². The lowest BCUT2D eigenvalue weighted by Crippen LogP contribution is -2.58. The summed E-state index contributed by atoms with van der Waals surface area (Å²) in [6, 6.07) is 15.8. The maximum absolute atomic E-state index is 14.1. The average Bonchev–Trinajstić information content (AvgIpc) is 3.99. The number of aliphatic hydroxyl groups is 1. The van der Waals surface area contributed by atoms with Crippen LogP contribution in [0.3, 0.4) is 0 Å². The Bertz CT molecular complexity index is 3210. The fraction of sp³-hybridized carbons (Fsp3) is 0.466. The first kappa shape index (κ1) is 50.1. The van der Waals surface area contributed by atoms with E-state index in [1.165, 1.54) is 26.8 Å². The molecular weight excluding hydrogens is 947 g/mol. The van der Waals surface area contributed by atoms with Gasteiger partial charge in [-0.15, -0.1) is 0 Å². The van der Waals surface area contributed by atoms with Crippen LogP contribution in [-0.4, -0.2) is 115 Å². The van der Waals surface area contributed by atoms with E-state index in [1.54, 1.807) is 36.5 Å². The van der Waals surface area contributed by atoms with Crippen LogP contribution in [0.25, 0.3) is 11.3 Å². The van der Waals surface area contributed by atoms with E-state index in [-0.39, 0.29) is 58.5 Å². The Balaban J connectivity index is 0.774. The van der Waals surface area contributed by atoms with E-state index >= 15 is 0 Å². The van der Waals surface area contributed by atoms with Gasteiger partial charge in [0.05, 0.1) is 34.8 Å². The molecule has 3 N–H and O–H groups in total. The third kappa shape index (κ3) is 9.10. The average molecular weight is 1020 g/mol. The standard InChI is InChI=1S/C58H69N11O6/c1-8-51(71)61-46-27-38(60-52-57(75)63(7)32-47(62-52)42-17-19-59-53(45(42)33-70)68-24-23-67-49(56(68)74)26-37-29-58(5,6)30-50(37)67)11-16-48(46)66-22-21-64(31-36(66)4)40-18-20-65(35(3)25-40)41-14-15-43-44(28-41)55(73)69(54(43)72)39-12-9-34(2)10-13-39/h8,11,14-17,19,26-28,32,34-36,39-40,70H,1,9-10,12-13,18,20-25,29-31,33H2,2-7H3,(H,60,62)(H,61,71)/t34?,35-,36+,39?,40?/m1/s1. The van der Waals surface area contributed by atoms with E-state index in [0.717, 1.165) is 88.9 Å². The van der Waals surface area contributed by atoms with E-state index in [9.17, 15) is 29.1 Å². The second-order valence-electron chi connectivity index (χ2n) is 22.8. The van der Waals surface area contributed by atoms with Crippen LogP contribution >= 0.6 is 0 Å². The second-order valence-corrected chi connectivity index (χ2v) is 22.8. The van der Waals surface area contributed by atoms with E-state index in [1.807, 2.05) is 36.4 Å². The molecule has 3 fully saturated rings. The fourth-order valence-electron chi connectivity index (χ4n) is 13.1. The number of pyridine rings is 1. The molecule has 1 saturated carbocycles. The molecule has 6 aliphatic rings. The van der Waals surface area contributed by atoms with Gasteiger partial charge in [0.15, 0.2) is 5.82 Å². The van der Waals surface area contributed by atoms with Gasteiger partial charge in [0.1, 0.15) is 11.5 Å². The minimum Gasteiger partial charge on any atom is -0.392 e. The molecule has 4 amide bonds. The van der Waals surface area contributed by atoms with E-state index in [2.05, 4.69) is 76.1 Å². The molecule has 17 nitrogen and oxygen atoms in total. The Morgan fingerprint density at radius 2 is 1.61 bits per heavy atom. The number of piperidine rings is 1. The number of fused-ring (bicyclic) bond motifs is 4. The molecule has 2 saturated heterocycles. The number of aliphatic hydroxyl groups excluding tert-OH is 1. The third-order valence-electron chi connectivity index (χ3n) is 17.0. The number of hydrogen-bond donors (Lipinski definition) is 3. The summed E-state index contributed by atoms with van der Waals surface area (Å²) >= 11 is 0. The number of nitrogens with zero attached hydrogens (tertiary/aromatic N) is 9. The van der Waals surface area contributed by atoms with Gasteiger partial charge in [0.25, 0.3) is 23.3 Å². The zero-order valence-corrected chi connectivity index (χ0v) is 44.1. The summed E-state index contributed by atoms with van der Waals surface area (Å²) in [5, 5.41) is 17.1. The van der Waals surface area contributed by atoms with Gasteiger partial charge >= 0.3 is 0 Å². The van der Waals surface area contributed by atoms with Gasteiger partial charge in [0, 0.05) is 111 Å². The number of aryl methyl sites for hydroxylation is 1. The number of amides is 4. The lowest BCUT2D eigenvalue weighted by atomic mass is 9.86. The van der Waals surface area contributed by atoms with E-state index < -0.39 is 6.61 Å². The molecule has 5 aromatic rings. The highest BCUT2D eigenvalue weighted by Gasteiger charge is 2.43. The summed E-state index contributed by atoms with van der Waals surface area (Å²) in [6.07, 6.45) is 12.0. The summed E-state index contributed by atoms with van der Waals surface area (Å²) in [7, 11) is 1.64. The summed E-state index contributed by atoms with van der Waals surface area (Å²) in [5.74, 6) is 0.179. The van der Waals surface area contributed by atoms with Crippen LogP contribution in [0.4, 0.5) is 34.4 Å². The van der Waals surface area contributed by atoms with Crippen molar-refractivity contribution in [3.8, 4) is 11.3 Å². The number of aromatic nitrogens is 4. The summed E-state index contributed by atoms with van der Waals surface area (Å²) in [5.41, 5.74) is 8.16. The first-order valence-corrected chi connectivity index (χ1v) is 26.8. The number of carbonyl (C=O) groups excluding carboxylic acids is 4. The van der Waals surface area contributed by atoms with Gasteiger partial charge in [-0.25, -0.2) is 9.97 Å². The maximum atomic E-state index is 14.1. The molecule has 2 aliphatic carbocycles. The zero-order valence-electron chi connectivity index (χ0n) is 44.1. The van der Waals surface area contributed by atoms with Crippen molar-refractivity contribution in [1.29, 1.82) is 0 Å². The van der Waals surface area contributed by atoms with E-state index in [0.29, 0.717) is 75.9 Å². The molecule has 3 atom stereocenters. The summed E-state index contributed by atoms with van der Waals surface area (Å²) < 4.78 is 3.57. The minimum absolute atomic E-state index is 0.0194. The molecule has 11 rings (SSSR count). The minimum atomic E-state index is -0.413. The van der Waals surface area contributed by atoms with Crippen LogP contribution < -0.4 is 30.9 Å². The third-order valence-corrected chi connectivity index (χ3v) is 17.0. The van der Waals surface area contributed by atoms with Crippen molar-refractivity contribution in [3.63, 3.8) is 0 Å².